The molecule has 1 aliphatic carbocycles. The maximum absolute atomic E-state index is 11.2. The molecule has 12 heavy (non-hydrogen) atoms. The first-order chi connectivity index (χ1) is 5.84. The lowest BCUT2D eigenvalue weighted by atomic mass is 10.1. The summed E-state index contributed by atoms with van der Waals surface area (Å²) in [7, 11) is 0. The first kappa shape index (κ1) is 9.52. The number of ether oxygens (including phenoxy) is 1. The second-order valence-corrected chi connectivity index (χ2v) is 3.23. The SMILES string of the molecule is O=C(OCCCO)C1CCCC1. The van der Waals surface area contributed by atoms with Crippen molar-refractivity contribution in [2.45, 2.75) is 32.1 Å². The van der Waals surface area contributed by atoms with Crippen molar-refractivity contribution in [2.75, 3.05) is 13.2 Å². The number of esters is 1. The average Bonchev–Trinajstić information content (AvgIpc) is 2.56. The fraction of sp³-hybridized carbons (Fsp3) is 0.889. The van der Waals surface area contributed by atoms with Gasteiger partial charge in [-0.15, -0.1) is 0 Å². The first-order valence-electron chi connectivity index (χ1n) is 4.62. The molecule has 0 bridgehead atoms. The third-order valence-electron chi connectivity index (χ3n) is 2.24. The Morgan fingerprint density at radius 2 is 2.08 bits per heavy atom. The molecular weight excluding hydrogens is 156 g/mol. The van der Waals surface area contributed by atoms with Gasteiger partial charge in [0.05, 0.1) is 12.5 Å². The molecule has 0 aromatic rings. The minimum atomic E-state index is -0.0686. The Labute approximate surface area is 72.7 Å². The van der Waals surface area contributed by atoms with E-state index in [4.69, 9.17) is 9.84 Å². The summed E-state index contributed by atoms with van der Waals surface area (Å²) in [5.41, 5.74) is 0. The third kappa shape index (κ3) is 2.81. The van der Waals surface area contributed by atoms with Crippen LogP contribution in [0.4, 0.5) is 0 Å². The van der Waals surface area contributed by atoms with E-state index in [-0.39, 0.29) is 18.5 Å². The van der Waals surface area contributed by atoms with Gasteiger partial charge in [0.1, 0.15) is 0 Å². The van der Waals surface area contributed by atoms with Crippen LogP contribution in [0.25, 0.3) is 0 Å². The van der Waals surface area contributed by atoms with Crippen LogP contribution in [0.3, 0.4) is 0 Å². The number of aliphatic hydroxyl groups excluding tert-OH is 1. The molecule has 0 aromatic carbocycles. The Hall–Kier alpha value is -0.570. The monoisotopic (exact) mass is 172 g/mol. The zero-order valence-electron chi connectivity index (χ0n) is 7.29. The predicted octanol–water partition coefficient (Wildman–Crippen LogP) is 1.10. The fourth-order valence-corrected chi connectivity index (χ4v) is 1.52. The Morgan fingerprint density at radius 1 is 1.42 bits per heavy atom. The zero-order valence-corrected chi connectivity index (χ0v) is 7.29. The number of aliphatic hydroxyl groups is 1. The Morgan fingerprint density at radius 3 is 2.67 bits per heavy atom. The third-order valence-corrected chi connectivity index (χ3v) is 2.24. The molecule has 70 valence electrons. The van der Waals surface area contributed by atoms with Gasteiger partial charge in [0.25, 0.3) is 0 Å². The van der Waals surface area contributed by atoms with Gasteiger partial charge in [0, 0.05) is 13.0 Å². The predicted molar refractivity (Wildman–Crippen MR) is 44.6 cm³/mol. The molecule has 0 aliphatic heterocycles. The topological polar surface area (TPSA) is 46.5 Å². The standard InChI is InChI=1S/C9H16O3/c10-6-3-7-12-9(11)8-4-1-2-5-8/h8,10H,1-7H2. The lowest BCUT2D eigenvalue weighted by molar-refractivity contribution is -0.148. The molecule has 1 fully saturated rings. The minimum Gasteiger partial charge on any atom is -0.465 e. The van der Waals surface area contributed by atoms with Crippen molar-refractivity contribution < 1.29 is 14.6 Å². The molecule has 0 amide bonds. The highest BCUT2D eigenvalue weighted by molar-refractivity contribution is 5.72. The first-order valence-corrected chi connectivity index (χ1v) is 4.62. The average molecular weight is 172 g/mol. The molecular formula is C9H16O3. The van der Waals surface area contributed by atoms with Gasteiger partial charge in [-0.25, -0.2) is 0 Å². The Bertz CT molecular complexity index is 139. The van der Waals surface area contributed by atoms with E-state index in [0.717, 1.165) is 25.7 Å². The summed E-state index contributed by atoms with van der Waals surface area (Å²) < 4.78 is 4.97. The molecule has 1 aliphatic rings. The van der Waals surface area contributed by atoms with E-state index in [1.165, 1.54) is 0 Å². The quantitative estimate of drug-likeness (QED) is 0.510. The maximum Gasteiger partial charge on any atom is 0.308 e. The molecule has 0 spiro atoms. The molecule has 1 rings (SSSR count). The molecule has 0 radical (unpaired) electrons. The molecule has 0 heterocycles. The highest BCUT2D eigenvalue weighted by Crippen LogP contribution is 2.25. The second-order valence-electron chi connectivity index (χ2n) is 3.23. The van der Waals surface area contributed by atoms with Gasteiger partial charge in [-0.05, 0) is 12.8 Å². The smallest absolute Gasteiger partial charge is 0.308 e. The van der Waals surface area contributed by atoms with Gasteiger partial charge < -0.3 is 9.84 Å². The van der Waals surface area contributed by atoms with Gasteiger partial charge in [-0.3, -0.25) is 4.79 Å². The molecule has 1 N–H and O–H groups in total. The van der Waals surface area contributed by atoms with E-state index in [1.54, 1.807) is 0 Å². The largest absolute Gasteiger partial charge is 0.465 e. The molecule has 3 nitrogen and oxygen atoms in total. The number of carbonyl (C=O) groups excluding carboxylic acids is 1. The highest BCUT2D eigenvalue weighted by atomic mass is 16.5. The van der Waals surface area contributed by atoms with Crippen LogP contribution in [0.1, 0.15) is 32.1 Å². The van der Waals surface area contributed by atoms with Crippen molar-refractivity contribution >= 4 is 5.97 Å². The van der Waals surface area contributed by atoms with Gasteiger partial charge in [-0.1, -0.05) is 12.8 Å². The molecule has 0 aromatic heterocycles. The molecule has 1 saturated carbocycles. The lowest BCUT2D eigenvalue weighted by Gasteiger charge is -2.08. The molecule has 0 unspecified atom stereocenters. The number of hydrogen-bond acceptors (Lipinski definition) is 3. The molecule has 0 atom stereocenters. The van der Waals surface area contributed by atoms with Gasteiger partial charge >= 0.3 is 5.97 Å². The van der Waals surface area contributed by atoms with Crippen LogP contribution < -0.4 is 0 Å². The van der Waals surface area contributed by atoms with Crippen molar-refractivity contribution in [3.63, 3.8) is 0 Å². The minimum absolute atomic E-state index is 0.0686. The summed E-state index contributed by atoms with van der Waals surface area (Å²) in [5, 5.41) is 8.45. The summed E-state index contributed by atoms with van der Waals surface area (Å²) in [6.45, 7) is 0.462. The van der Waals surface area contributed by atoms with Crippen LogP contribution in [0, 0.1) is 5.92 Å². The van der Waals surface area contributed by atoms with Crippen LogP contribution in [0.2, 0.25) is 0 Å². The van der Waals surface area contributed by atoms with E-state index < -0.39 is 0 Å². The number of hydrogen-bond donors (Lipinski definition) is 1. The van der Waals surface area contributed by atoms with E-state index in [1.807, 2.05) is 0 Å². The Balaban J connectivity index is 2.10. The van der Waals surface area contributed by atoms with Crippen LogP contribution in [-0.4, -0.2) is 24.3 Å². The van der Waals surface area contributed by atoms with E-state index >= 15 is 0 Å². The summed E-state index contributed by atoms with van der Waals surface area (Å²) >= 11 is 0. The van der Waals surface area contributed by atoms with Crippen LogP contribution in [-0.2, 0) is 9.53 Å². The summed E-state index contributed by atoms with van der Waals surface area (Å²) in [6, 6.07) is 0. The van der Waals surface area contributed by atoms with Crippen molar-refractivity contribution in [3.8, 4) is 0 Å². The molecule has 0 saturated heterocycles. The summed E-state index contributed by atoms with van der Waals surface area (Å²) in [6.07, 6.45) is 4.83. The second kappa shape index (κ2) is 5.14. The van der Waals surface area contributed by atoms with Crippen molar-refractivity contribution in [3.05, 3.63) is 0 Å². The van der Waals surface area contributed by atoms with Gasteiger partial charge in [0.2, 0.25) is 0 Å². The maximum atomic E-state index is 11.2. The van der Waals surface area contributed by atoms with Crippen LogP contribution in [0.5, 0.6) is 0 Å². The van der Waals surface area contributed by atoms with E-state index in [2.05, 4.69) is 0 Å². The lowest BCUT2D eigenvalue weighted by Crippen LogP contribution is -2.15. The van der Waals surface area contributed by atoms with Crippen molar-refractivity contribution in [1.82, 2.24) is 0 Å². The Kier molecular flexibility index (Phi) is 4.08. The zero-order chi connectivity index (χ0) is 8.81. The van der Waals surface area contributed by atoms with E-state index in [0.29, 0.717) is 13.0 Å². The summed E-state index contributed by atoms with van der Waals surface area (Å²) in [5.74, 6) is 0.0737. The van der Waals surface area contributed by atoms with Gasteiger partial charge in [-0.2, -0.15) is 0 Å². The van der Waals surface area contributed by atoms with Crippen molar-refractivity contribution in [1.29, 1.82) is 0 Å². The van der Waals surface area contributed by atoms with Crippen LogP contribution in [0.15, 0.2) is 0 Å². The number of rotatable bonds is 4. The fourth-order valence-electron chi connectivity index (χ4n) is 1.52. The molecule has 3 heteroatoms. The van der Waals surface area contributed by atoms with E-state index in [9.17, 15) is 4.79 Å². The normalized spacial score (nSPS) is 18.1. The highest BCUT2D eigenvalue weighted by Gasteiger charge is 2.23. The van der Waals surface area contributed by atoms with Crippen molar-refractivity contribution in [2.24, 2.45) is 5.92 Å². The van der Waals surface area contributed by atoms with Gasteiger partial charge in [0.15, 0.2) is 0 Å². The van der Waals surface area contributed by atoms with Crippen LogP contribution >= 0.6 is 0 Å². The number of carbonyl (C=O) groups is 1. The summed E-state index contributed by atoms with van der Waals surface area (Å²) in [4.78, 5) is 11.2.